The summed E-state index contributed by atoms with van der Waals surface area (Å²) in [6.45, 7) is 4.33. The number of fused-ring (bicyclic) bond motifs is 1. The van der Waals surface area contributed by atoms with Gasteiger partial charge in [0.25, 0.3) is 0 Å². The lowest BCUT2D eigenvalue weighted by Crippen LogP contribution is -2.33. The van der Waals surface area contributed by atoms with E-state index in [-0.39, 0.29) is 0 Å². The highest BCUT2D eigenvalue weighted by atomic mass is 19.1. The first kappa shape index (κ1) is 23.2. The molecule has 182 valence electrons. The number of halogens is 1. The molecular weight excluding hydrogens is 431 g/mol. The lowest BCUT2D eigenvalue weighted by atomic mass is 9.91. The minimum Gasteiger partial charge on any atom is -0.493 e. The summed E-state index contributed by atoms with van der Waals surface area (Å²) in [4.78, 5) is 8.52. The Balaban J connectivity index is 1.19. The molecule has 1 aliphatic heterocycles. The monoisotopic (exact) mass is 466 g/mol. The van der Waals surface area contributed by atoms with Crippen LogP contribution in [0.15, 0.2) is 34.9 Å². The molecular formula is C27H35FN4O2. The Hall–Kier alpha value is -2.51. The van der Waals surface area contributed by atoms with Crippen molar-refractivity contribution in [3.05, 3.63) is 53.2 Å². The third-order valence-electron chi connectivity index (χ3n) is 7.08. The van der Waals surface area contributed by atoms with Crippen LogP contribution in [-0.2, 0) is 19.5 Å². The smallest absolute Gasteiger partial charge is 0.213 e. The average Bonchev–Trinajstić information content (AvgIpc) is 3.56. The Labute approximate surface area is 201 Å². The molecule has 34 heavy (non-hydrogen) atoms. The average molecular weight is 467 g/mol. The molecule has 0 N–H and O–H groups in total. The van der Waals surface area contributed by atoms with Crippen molar-refractivity contribution < 1.29 is 13.7 Å². The third kappa shape index (κ3) is 5.76. The minimum absolute atomic E-state index is 0.400. The van der Waals surface area contributed by atoms with Gasteiger partial charge in [-0.3, -0.25) is 4.90 Å². The van der Waals surface area contributed by atoms with Crippen molar-refractivity contribution in [1.82, 2.24) is 19.9 Å². The first-order valence-electron chi connectivity index (χ1n) is 12.6. The van der Waals surface area contributed by atoms with Crippen molar-refractivity contribution in [2.75, 3.05) is 33.8 Å². The number of ether oxygens (including phenoxy) is 1. The van der Waals surface area contributed by atoms with Crippen molar-refractivity contribution in [3.63, 3.8) is 0 Å². The lowest BCUT2D eigenvalue weighted by molar-refractivity contribution is 0.170. The second kappa shape index (κ2) is 10.4. The van der Waals surface area contributed by atoms with Crippen LogP contribution in [0.2, 0.25) is 0 Å². The second-order valence-corrected chi connectivity index (χ2v) is 10.3. The molecule has 1 aromatic carbocycles. The van der Waals surface area contributed by atoms with E-state index >= 15 is 0 Å². The van der Waals surface area contributed by atoms with Gasteiger partial charge in [0.05, 0.1) is 23.6 Å². The van der Waals surface area contributed by atoms with Gasteiger partial charge in [0, 0.05) is 18.5 Å². The van der Waals surface area contributed by atoms with Gasteiger partial charge in [0.15, 0.2) is 5.58 Å². The number of piperidine rings is 1. The normalized spacial score (nSPS) is 17.6. The van der Waals surface area contributed by atoms with Crippen molar-refractivity contribution in [2.45, 2.75) is 51.6 Å². The van der Waals surface area contributed by atoms with E-state index in [1.165, 1.54) is 18.9 Å². The van der Waals surface area contributed by atoms with E-state index in [0.29, 0.717) is 11.8 Å². The molecule has 1 saturated heterocycles. The van der Waals surface area contributed by atoms with Gasteiger partial charge in [-0.2, -0.15) is 4.39 Å². The fourth-order valence-corrected chi connectivity index (χ4v) is 4.91. The summed E-state index contributed by atoms with van der Waals surface area (Å²) in [6.07, 6.45) is 6.88. The molecule has 6 nitrogen and oxygen atoms in total. The van der Waals surface area contributed by atoms with E-state index in [4.69, 9.17) is 9.26 Å². The van der Waals surface area contributed by atoms with Crippen LogP contribution in [0.1, 0.15) is 49.1 Å². The summed E-state index contributed by atoms with van der Waals surface area (Å²) in [5.41, 5.74) is 3.83. The summed E-state index contributed by atoms with van der Waals surface area (Å²) in [6, 6.07) is 9.26. The number of likely N-dealkylation sites (tertiary alicyclic amines) is 1. The quantitative estimate of drug-likeness (QED) is 0.390. The predicted molar refractivity (Wildman–Crippen MR) is 130 cm³/mol. The Kier molecular flexibility index (Phi) is 7.11. The number of aromatic nitrogens is 2. The van der Waals surface area contributed by atoms with Gasteiger partial charge in [-0.05, 0) is 102 Å². The van der Waals surface area contributed by atoms with Crippen LogP contribution in [0, 0.1) is 17.8 Å². The SMILES string of the molecule is CN(C)Cc1c(OCC2CC2)ccc2c(CCC3CCN(Cc4cccc(F)n4)CC3)noc12. The number of hydrogen-bond acceptors (Lipinski definition) is 6. The Morgan fingerprint density at radius 3 is 2.65 bits per heavy atom. The van der Waals surface area contributed by atoms with Gasteiger partial charge in [-0.25, -0.2) is 4.98 Å². The highest BCUT2D eigenvalue weighted by Crippen LogP contribution is 2.35. The number of pyridine rings is 1. The van der Waals surface area contributed by atoms with E-state index in [1.807, 2.05) is 6.07 Å². The summed E-state index contributed by atoms with van der Waals surface area (Å²) < 4.78 is 25.4. The summed E-state index contributed by atoms with van der Waals surface area (Å²) >= 11 is 0. The van der Waals surface area contributed by atoms with Gasteiger partial charge in [0.1, 0.15) is 5.75 Å². The first-order valence-corrected chi connectivity index (χ1v) is 12.6. The molecule has 0 atom stereocenters. The highest BCUT2D eigenvalue weighted by Gasteiger charge is 2.25. The topological polar surface area (TPSA) is 54.6 Å². The molecule has 7 heteroatoms. The molecule has 2 aromatic heterocycles. The van der Waals surface area contributed by atoms with Gasteiger partial charge in [0.2, 0.25) is 5.95 Å². The molecule has 3 heterocycles. The molecule has 2 fully saturated rings. The van der Waals surface area contributed by atoms with Crippen molar-refractivity contribution in [2.24, 2.45) is 11.8 Å². The van der Waals surface area contributed by atoms with E-state index in [9.17, 15) is 4.39 Å². The number of aryl methyl sites for hydroxylation is 1. The van der Waals surface area contributed by atoms with Crippen molar-refractivity contribution in [3.8, 4) is 5.75 Å². The molecule has 0 unspecified atom stereocenters. The zero-order valence-corrected chi connectivity index (χ0v) is 20.3. The highest BCUT2D eigenvalue weighted by molar-refractivity contribution is 5.84. The van der Waals surface area contributed by atoms with E-state index < -0.39 is 5.95 Å². The summed E-state index contributed by atoms with van der Waals surface area (Å²) in [7, 11) is 4.13. The van der Waals surface area contributed by atoms with Crippen LogP contribution in [0.25, 0.3) is 11.0 Å². The number of benzene rings is 1. The molecule has 5 rings (SSSR count). The molecule has 0 spiro atoms. The van der Waals surface area contributed by atoms with Gasteiger partial charge >= 0.3 is 0 Å². The fraction of sp³-hybridized carbons (Fsp3) is 0.556. The van der Waals surface area contributed by atoms with Gasteiger partial charge in [-0.15, -0.1) is 0 Å². The van der Waals surface area contributed by atoms with Crippen LogP contribution in [0.3, 0.4) is 0 Å². The maximum absolute atomic E-state index is 13.4. The van der Waals surface area contributed by atoms with Crippen LogP contribution >= 0.6 is 0 Å². The maximum atomic E-state index is 13.4. The van der Waals surface area contributed by atoms with Crippen LogP contribution in [-0.4, -0.2) is 53.7 Å². The lowest BCUT2D eigenvalue weighted by Gasteiger charge is -2.31. The molecule has 3 aromatic rings. The third-order valence-corrected chi connectivity index (χ3v) is 7.08. The van der Waals surface area contributed by atoms with Gasteiger partial charge < -0.3 is 14.2 Å². The van der Waals surface area contributed by atoms with Gasteiger partial charge in [-0.1, -0.05) is 11.2 Å². The van der Waals surface area contributed by atoms with E-state index in [0.717, 1.165) is 92.1 Å². The van der Waals surface area contributed by atoms with Crippen LogP contribution in [0.5, 0.6) is 5.75 Å². The molecule has 0 amide bonds. The number of nitrogens with zero attached hydrogens (tertiary/aromatic N) is 4. The summed E-state index contributed by atoms with van der Waals surface area (Å²) in [5.74, 6) is 1.91. The zero-order chi connectivity index (χ0) is 23.5. The van der Waals surface area contributed by atoms with E-state index in [2.05, 4.69) is 46.2 Å². The van der Waals surface area contributed by atoms with Crippen molar-refractivity contribution in [1.29, 1.82) is 0 Å². The van der Waals surface area contributed by atoms with Crippen LogP contribution < -0.4 is 4.74 Å². The Bertz CT molecular complexity index is 1100. The van der Waals surface area contributed by atoms with Crippen LogP contribution in [0.4, 0.5) is 4.39 Å². The maximum Gasteiger partial charge on any atom is 0.213 e. The van der Waals surface area contributed by atoms with Crippen molar-refractivity contribution >= 4 is 11.0 Å². The Morgan fingerprint density at radius 2 is 1.91 bits per heavy atom. The first-order chi connectivity index (χ1) is 16.5. The second-order valence-electron chi connectivity index (χ2n) is 10.3. The molecule has 1 saturated carbocycles. The molecule has 1 aliphatic carbocycles. The standard InChI is InChI=1S/C27H35FN4O2/c1-31(2)17-23-25(33-18-20-6-7-20)11-9-22-24(30-34-27(22)23)10-8-19-12-14-32(15-13-19)16-21-4-3-5-26(28)29-21/h3-5,9,11,19-20H,6-8,10,12-18H2,1-2H3. The van der Waals surface area contributed by atoms with E-state index in [1.54, 1.807) is 6.07 Å². The Morgan fingerprint density at radius 1 is 1.09 bits per heavy atom. The molecule has 2 aliphatic rings. The number of hydrogen-bond donors (Lipinski definition) is 0. The number of rotatable bonds is 10. The zero-order valence-electron chi connectivity index (χ0n) is 20.3. The largest absolute Gasteiger partial charge is 0.493 e. The predicted octanol–water partition coefficient (Wildman–Crippen LogP) is 5.06. The molecule has 0 bridgehead atoms. The summed E-state index contributed by atoms with van der Waals surface area (Å²) in [5, 5.41) is 5.59. The molecule has 0 radical (unpaired) electrons. The minimum atomic E-state index is -0.400. The fourth-order valence-electron chi connectivity index (χ4n) is 4.91.